The number of fused-ring (bicyclic) bond motifs is 1. The molecular formula is C7H5N3. The molecule has 0 unspecified atom stereocenters. The van der Waals surface area contributed by atoms with Crippen molar-refractivity contribution in [3.8, 4) is 0 Å². The maximum atomic E-state index is 4.01. The summed E-state index contributed by atoms with van der Waals surface area (Å²) in [5.74, 6) is 0. The molecule has 2 aromatic rings. The van der Waals surface area contributed by atoms with Gasteiger partial charge in [0.15, 0.2) is 5.65 Å². The Balaban J connectivity index is 2.89. The molecule has 0 radical (unpaired) electrons. The second kappa shape index (κ2) is 2.02. The molecule has 2 heterocycles. The molecule has 0 saturated heterocycles. The van der Waals surface area contributed by atoms with Gasteiger partial charge in [0, 0.05) is 11.6 Å². The summed E-state index contributed by atoms with van der Waals surface area (Å²) in [5, 5.41) is 8.55. The van der Waals surface area contributed by atoms with Crippen LogP contribution in [-0.4, -0.2) is 15.2 Å². The van der Waals surface area contributed by atoms with Gasteiger partial charge in [-0.3, -0.25) is 0 Å². The van der Waals surface area contributed by atoms with Crippen LogP contribution in [0.1, 0.15) is 0 Å². The van der Waals surface area contributed by atoms with E-state index in [1.54, 1.807) is 12.4 Å². The van der Waals surface area contributed by atoms with E-state index < -0.39 is 0 Å². The molecular weight excluding hydrogens is 126 g/mol. The van der Waals surface area contributed by atoms with E-state index >= 15 is 0 Å². The van der Waals surface area contributed by atoms with Crippen molar-refractivity contribution in [3.63, 3.8) is 0 Å². The minimum absolute atomic E-state index is 0.699. The fourth-order valence-electron chi connectivity index (χ4n) is 0.825. The first-order valence-corrected chi connectivity index (χ1v) is 2.99. The topological polar surface area (TPSA) is 38.7 Å². The standard InChI is InChI=1S/C7H5N3/c1-2-6-3-5-9-10-7(6)8-4-1/h1-5H. The molecule has 0 spiro atoms. The molecule has 3 heteroatoms. The van der Waals surface area contributed by atoms with Gasteiger partial charge < -0.3 is 0 Å². The molecule has 0 fully saturated rings. The zero-order valence-electron chi connectivity index (χ0n) is 5.23. The highest BCUT2D eigenvalue weighted by atomic mass is 15.1. The van der Waals surface area contributed by atoms with Crippen molar-refractivity contribution in [2.24, 2.45) is 0 Å². The highest BCUT2D eigenvalue weighted by Gasteiger charge is 1.89. The molecule has 0 aliphatic carbocycles. The van der Waals surface area contributed by atoms with Crippen LogP contribution in [0.15, 0.2) is 30.6 Å². The Morgan fingerprint density at radius 1 is 1.10 bits per heavy atom. The van der Waals surface area contributed by atoms with Crippen molar-refractivity contribution in [2.75, 3.05) is 0 Å². The number of aromatic nitrogens is 3. The summed E-state index contributed by atoms with van der Waals surface area (Å²) in [4.78, 5) is 4.01. The lowest BCUT2D eigenvalue weighted by Crippen LogP contribution is -1.83. The first-order chi connectivity index (χ1) is 4.97. The van der Waals surface area contributed by atoms with Crippen LogP contribution in [0.25, 0.3) is 11.0 Å². The Hall–Kier alpha value is -1.51. The summed E-state index contributed by atoms with van der Waals surface area (Å²) in [6.45, 7) is 0. The minimum atomic E-state index is 0.699. The van der Waals surface area contributed by atoms with Crippen LogP contribution in [0, 0.1) is 0 Å². The van der Waals surface area contributed by atoms with E-state index in [1.165, 1.54) is 0 Å². The fourth-order valence-corrected chi connectivity index (χ4v) is 0.825. The highest BCUT2D eigenvalue weighted by Crippen LogP contribution is 2.03. The van der Waals surface area contributed by atoms with E-state index in [2.05, 4.69) is 15.2 Å². The summed E-state index contributed by atoms with van der Waals surface area (Å²) in [6, 6.07) is 5.72. The van der Waals surface area contributed by atoms with Crippen molar-refractivity contribution in [3.05, 3.63) is 30.6 Å². The van der Waals surface area contributed by atoms with E-state index in [4.69, 9.17) is 0 Å². The molecule has 0 saturated carbocycles. The van der Waals surface area contributed by atoms with Gasteiger partial charge in [0.05, 0.1) is 6.20 Å². The maximum absolute atomic E-state index is 4.01. The first-order valence-electron chi connectivity index (χ1n) is 2.99. The largest absolute Gasteiger partial charge is 0.235 e. The molecule has 48 valence electrons. The third kappa shape index (κ3) is 0.719. The number of nitrogens with zero attached hydrogens (tertiary/aromatic N) is 3. The van der Waals surface area contributed by atoms with Gasteiger partial charge in [-0.05, 0) is 18.2 Å². The van der Waals surface area contributed by atoms with Gasteiger partial charge in [0.25, 0.3) is 0 Å². The Labute approximate surface area is 57.7 Å². The molecule has 0 N–H and O–H groups in total. The highest BCUT2D eigenvalue weighted by molar-refractivity contribution is 5.72. The summed E-state index contributed by atoms with van der Waals surface area (Å²) in [5.41, 5.74) is 0.699. The Morgan fingerprint density at radius 2 is 2.10 bits per heavy atom. The molecule has 2 rings (SSSR count). The molecule has 2 aromatic heterocycles. The number of rotatable bonds is 0. The third-order valence-corrected chi connectivity index (χ3v) is 1.29. The van der Waals surface area contributed by atoms with Crippen molar-refractivity contribution in [1.29, 1.82) is 0 Å². The van der Waals surface area contributed by atoms with Gasteiger partial charge in [0.1, 0.15) is 0 Å². The Morgan fingerprint density at radius 3 is 3.00 bits per heavy atom. The number of hydrogen-bond acceptors (Lipinski definition) is 3. The van der Waals surface area contributed by atoms with Gasteiger partial charge in [-0.15, -0.1) is 5.10 Å². The number of pyridine rings is 1. The lowest BCUT2D eigenvalue weighted by atomic mass is 10.3. The van der Waals surface area contributed by atoms with E-state index in [0.29, 0.717) is 5.65 Å². The van der Waals surface area contributed by atoms with Crippen LogP contribution < -0.4 is 0 Å². The smallest absolute Gasteiger partial charge is 0.181 e. The van der Waals surface area contributed by atoms with Crippen molar-refractivity contribution < 1.29 is 0 Å². The lowest BCUT2D eigenvalue weighted by molar-refractivity contribution is 1.05. The van der Waals surface area contributed by atoms with Crippen LogP contribution in [0.2, 0.25) is 0 Å². The van der Waals surface area contributed by atoms with Crippen molar-refractivity contribution in [2.45, 2.75) is 0 Å². The fraction of sp³-hybridized carbons (Fsp3) is 0. The van der Waals surface area contributed by atoms with Crippen LogP contribution in [0.4, 0.5) is 0 Å². The monoisotopic (exact) mass is 131 g/mol. The zero-order chi connectivity index (χ0) is 6.81. The molecule has 3 nitrogen and oxygen atoms in total. The summed E-state index contributed by atoms with van der Waals surface area (Å²) < 4.78 is 0. The molecule has 0 aliphatic heterocycles. The summed E-state index contributed by atoms with van der Waals surface area (Å²) in [6.07, 6.45) is 3.36. The molecule has 0 aromatic carbocycles. The molecule has 0 bridgehead atoms. The van der Waals surface area contributed by atoms with Gasteiger partial charge in [0.2, 0.25) is 0 Å². The van der Waals surface area contributed by atoms with Crippen LogP contribution >= 0.6 is 0 Å². The minimum Gasteiger partial charge on any atom is -0.235 e. The molecule has 10 heavy (non-hydrogen) atoms. The predicted molar refractivity (Wildman–Crippen MR) is 37.3 cm³/mol. The SMILES string of the molecule is c1cnc2nnccc2c1. The van der Waals surface area contributed by atoms with Crippen LogP contribution in [-0.2, 0) is 0 Å². The Kier molecular flexibility index (Phi) is 1.07. The second-order valence-electron chi connectivity index (χ2n) is 1.95. The normalized spacial score (nSPS) is 10.0. The number of hydrogen-bond donors (Lipinski definition) is 0. The third-order valence-electron chi connectivity index (χ3n) is 1.29. The zero-order valence-corrected chi connectivity index (χ0v) is 5.23. The molecule has 0 amide bonds. The average molecular weight is 131 g/mol. The van der Waals surface area contributed by atoms with Crippen molar-refractivity contribution in [1.82, 2.24) is 15.2 Å². The molecule has 0 atom stereocenters. The van der Waals surface area contributed by atoms with Crippen molar-refractivity contribution >= 4 is 11.0 Å². The predicted octanol–water partition coefficient (Wildman–Crippen LogP) is 1.02. The maximum Gasteiger partial charge on any atom is 0.181 e. The summed E-state index contributed by atoms with van der Waals surface area (Å²) in [7, 11) is 0. The van der Waals surface area contributed by atoms with Crippen LogP contribution in [0.3, 0.4) is 0 Å². The lowest BCUT2D eigenvalue weighted by Gasteiger charge is -1.89. The summed E-state index contributed by atoms with van der Waals surface area (Å²) >= 11 is 0. The quantitative estimate of drug-likeness (QED) is 0.536. The van der Waals surface area contributed by atoms with E-state index in [1.807, 2.05) is 18.2 Å². The second-order valence-corrected chi connectivity index (χ2v) is 1.95. The molecule has 0 aliphatic rings. The van der Waals surface area contributed by atoms with Gasteiger partial charge in [-0.2, -0.15) is 5.10 Å². The van der Waals surface area contributed by atoms with E-state index in [0.717, 1.165) is 5.39 Å². The van der Waals surface area contributed by atoms with Gasteiger partial charge >= 0.3 is 0 Å². The van der Waals surface area contributed by atoms with Gasteiger partial charge in [-0.1, -0.05) is 0 Å². The average Bonchev–Trinajstić information content (AvgIpc) is 2.05. The van der Waals surface area contributed by atoms with E-state index in [9.17, 15) is 0 Å². The Bertz CT molecular complexity index is 280. The van der Waals surface area contributed by atoms with E-state index in [-0.39, 0.29) is 0 Å². The van der Waals surface area contributed by atoms with Gasteiger partial charge in [-0.25, -0.2) is 4.98 Å². The first kappa shape index (κ1) is 5.29. The van der Waals surface area contributed by atoms with Crippen LogP contribution in [0.5, 0.6) is 0 Å².